The Balaban J connectivity index is 2.54. The molecule has 0 atom stereocenters. The molecule has 0 aliphatic rings. The molecule has 2 rings (SSSR count). The second-order valence-corrected chi connectivity index (χ2v) is 4.82. The minimum Gasteiger partial charge on any atom is -0.507 e. The average molecular weight is 312 g/mol. The number of aromatic hydroxyl groups is 1. The minimum atomic E-state index is -0.603. The van der Waals surface area contributed by atoms with Crippen LogP contribution >= 0.6 is 0 Å². The molecule has 1 heterocycles. The van der Waals surface area contributed by atoms with Gasteiger partial charge in [0.25, 0.3) is 11.2 Å². The quantitative estimate of drug-likeness (QED) is 0.526. The van der Waals surface area contributed by atoms with Crippen LogP contribution in [0.15, 0.2) is 34.2 Å². The molecule has 0 radical (unpaired) electrons. The van der Waals surface area contributed by atoms with Gasteiger partial charge in [-0.15, -0.1) is 0 Å². The van der Waals surface area contributed by atoms with E-state index >= 15 is 0 Å². The molecular weight excluding hydrogens is 300 g/mol. The van der Waals surface area contributed by atoms with Gasteiger partial charge in [-0.05, 0) is 31.5 Å². The standard InChI is InChI=1S/C15H12N4O4/c1-9-5-10(2)18(15(21)13(9)7-16)17-8-11-6-12(19(22)23)3-4-14(11)20/h3-6,8,20H,1-2H3. The Morgan fingerprint density at radius 2 is 2.09 bits per heavy atom. The highest BCUT2D eigenvalue weighted by Gasteiger charge is 2.11. The molecule has 0 unspecified atom stereocenters. The normalized spacial score (nSPS) is 10.7. The van der Waals surface area contributed by atoms with Crippen molar-refractivity contribution < 1.29 is 10.0 Å². The summed E-state index contributed by atoms with van der Waals surface area (Å²) >= 11 is 0. The number of aryl methyl sites for hydroxylation is 2. The summed E-state index contributed by atoms with van der Waals surface area (Å²) in [5.41, 5.74) is 0.286. The van der Waals surface area contributed by atoms with E-state index in [9.17, 15) is 20.0 Å². The van der Waals surface area contributed by atoms with E-state index in [1.807, 2.05) is 6.07 Å². The molecule has 2 aromatic rings. The van der Waals surface area contributed by atoms with Crippen molar-refractivity contribution in [1.82, 2.24) is 4.68 Å². The number of non-ortho nitro benzene ring substituents is 1. The van der Waals surface area contributed by atoms with Crippen LogP contribution in [0.4, 0.5) is 5.69 Å². The number of benzene rings is 1. The van der Waals surface area contributed by atoms with Gasteiger partial charge in [-0.1, -0.05) is 0 Å². The van der Waals surface area contributed by atoms with Gasteiger partial charge in [0, 0.05) is 23.4 Å². The molecule has 23 heavy (non-hydrogen) atoms. The third-order valence-electron chi connectivity index (χ3n) is 3.21. The largest absolute Gasteiger partial charge is 0.507 e. The monoisotopic (exact) mass is 312 g/mol. The highest BCUT2D eigenvalue weighted by Crippen LogP contribution is 2.21. The summed E-state index contributed by atoms with van der Waals surface area (Å²) in [5, 5.41) is 33.4. The van der Waals surface area contributed by atoms with Crippen molar-refractivity contribution >= 4 is 11.9 Å². The number of hydrogen-bond acceptors (Lipinski definition) is 6. The third kappa shape index (κ3) is 3.08. The molecule has 0 saturated carbocycles. The van der Waals surface area contributed by atoms with Gasteiger partial charge in [-0.3, -0.25) is 14.9 Å². The van der Waals surface area contributed by atoms with Crippen LogP contribution in [0.5, 0.6) is 5.75 Å². The lowest BCUT2D eigenvalue weighted by molar-refractivity contribution is -0.384. The molecule has 0 amide bonds. The number of hydrogen-bond donors (Lipinski definition) is 1. The number of pyridine rings is 1. The van der Waals surface area contributed by atoms with Gasteiger partial charge in [0.1, 0.15) is 17.4 Å². The fourth-order valence-electron chi connectivity index (χ4n) is 2.04. The van der Waals surface area contributed by atoms with Gasteiger partial charge in [0.15, 0.2) is 0 Å². The first kappa shape index (κ1) is 15.9. The number of phenols is 1. The van der Waals surface area contributed by atoms with E-state index in [4.69, 9.17) is 5.26 Å². The smallest absolute Gasteiger partial charge is 0.289 e. The third-order valence-corrected chi connectivity index (χ3v) is 3.21. The van der Waals surface area contributed by atoms with Crippen molar-refractivity contribution in [3.05, 3.63) is 67.1 Å². The van der Waals surface area contributed by atoms with E-state index in [1.54, 1.807) is 19.9 Å². The van der Waals surface area contributed by atoms with E-state index in [2.05, 4.69) is 5.10 Å². The number of nitriles is 1. The van der Waals surface area contributed by atoms with E-state index in [-0.39, 0.29) is 22.6 Å². The molecule has 8 nitrogen and oxygen atoms in total. The van der Waals surface area contributed by atoms with Crippen molar-refractivity contribution in [3.8, 4) is 11.8 Å². The topological polar surface area (TPSA) is 122 Å². The second kappa shape index (κ2) is 6.11. The Morgan fingerprint density at radius 3 is 2.70 bits per heavy atom. The molecule has 0 fully saturated rings. The predicted octanol–water partition coefficient (Wildman–Crippen LogP) is 1.83. The summed E-state index contributed by atoms with van der Waals surface area (Å²) in [5.74, 6) is -0.210. The number of nitro groups is 1. The molecule has 0 aliphatic carbocycles. The van der Waals surface area contributed by atoms with E-state index in [0.29, 0.717) is 11.3 Å². The van der Waals surface area contributed by atoms with Gasteiger partial charge in [-0.25, -0.2) is 4.68 Å². The van der Waals surface area contributed by atoms with Crippen LogP contribution in [-0.4, -0.2) is 20.9 Å². The maximum absolute atomic E-state index is 12.2. The van der Waals surface area contributed by atoms with Crippen LogP contribution in [0.2, 0.25) is 0 Å². The maximum Gasteiger partial charge on any atom is 0.289 e. The molecule has 116 valence electrons. The SMILES string of the molecule is Cc1cc(C)n(N=Cc2cc([N+](=O)[O-])ccc2O)c(=O)c1C#N. The van der Waals surface area contributed by atoms with E-state index < -0.39 is 10.5 Å². The van der Waals surface area contributed by atoms with Crippen LogP contribution in [0, 0.1) is 35.3 Å². The van der Waals surface area contributed by atoms with Crippen molar-refractivity contribution in [2.75, 3.05) is 0 Å². The molecule has 0 saturated heterocycles. The first-order chi connectivity index (χ1) is 10.8. The van der Waals surface area contributed by atoms with E-state index in [0.717, 1.165) is 23.0 Å². The number of nitrogens with zero attached hydrogens (tertiary/aromatic N) is 4. The number of phenolic OH excluding ortho intramolecular Hbond substituents is 1. The maximum atomic E-state index is 12.2. The zero-order valence-corrected chi connectivity index (χ0v) is 12.3. The summed E-state index contributed by atoms with van der Waals surface area (Å²) in [6.45, 7) is 3.29. The molecule has 0 bridgehead atoms. The van der Waals surface area contributed by atoms with Crippen LogP contribution < -0.4 is 5.56 Å². The second-order valence-electron chi connectivity index (χ2n) is 4.82. The highest BCUT2D eigenvalue weighted by molar-refractivity contribution is 5.84. The molecule has 1 aromatic carbocycles. The summed E-state index contributed by atoms with van der Waals surface area (Å²) in [7, 11) is 0. The Hall–Kier alpha value is -3.47. The lowest BCUT2D eigenvalue weighted by Crippen LogP contribution is -2.22. The van der Waals surface area contributed by atoms with Crippen LogP contribution in [0.25, 0.3) is 0 Å². The molecule has 0 spiro atoms. The van der Waals surface area contributed by atoms with Crippen molar-refractivity contribution in [2.45, 2.75) is 13.8 Å². The van der Waals surface area contributed by atoms with Gasteiger partial charge in [-0.2, -0.15) is 10.4 Å². The lowest BCUT2D eigenvalue weighted by atomic mass is 10.1. The zero-order chi connectivity index (χ0) is 17.1. The number of aromatic nitrogens is 1. The molecule has 0 aliphatic heterocycles. The lowest BCUT2D eigenvalue weighted by Gasteiger charge is -2.06. The zero-order valence-electron chi connectivity index (χ0n) is 12.3. The predicted molar refractivity (Wildman–Crippen MR) is 82.6 cm³/mol. The van der Waals surface area contributed by atoms with Crippen LogP contribution in [0.3, 0.4) is 0 Å². The van der Waals surface area contributed by atoms with Gasteiger partial charge >= 0.3 is 0 Å². The highest BCUT2D eigenvalue weighted by atomic mass is 16.6. The van der Waals surface area contributed by atoms with Crippen LogP contribution in [-0.2, 0) is 0 Å². The first-order valence-corrected chi connectivity index (χ1v) is 6.50. The number of rotatable bonds is 3. The van der Waals surface area contributed by atoms with Crippen molar-refractivity contribution in [1.29, 1.82) is 5.26 Å². The van der Waals surface area contributed by atoms with Crippen molar-refractivity contribution in [3.63, 3.8) is 0 Å². The van der Waals surface area contributed by atoms with Crippen molar-refractivity contribution in [2.24, 2.45) is 5.10 Å². The Labute approximate surface area is 130 Å². The van der Waals surface area contributed by atoms with Gasteiger partial charge in [0.2, 0.25) is 0 Å². The fourth-order valence-corrected chi connectivity index (χ4v) is 2.04. The minimum absolute atomic E-state index is 0.0315. The van der Waals surface area contributed by atoms with Gasteiger partial charge < -0.3 is 5.11 Å². The average Bonchev–Trinajstić information content (AvgIpc) is 2.48. The Kier molecular flexibility index (Phi) is 4.23. The summed E-state index contributed by atoms with van der Waals surface area (Å²) in [6.07, 6.45) is 1.13. The molecule has 8 heteroatoms. The number of nitro benzene ring substituents is 1. The first-order valence-electron chi connectivity index (χ1n) is 6.50. The summed E-state index contributed by atoms with van der Waals surface area (Å²) in [4.78, 5) is 22.3. The molecule has 1 N–H and O–H groups in total. The molecular formula is C15H12N4O4. The Bertz CT molecular complexity index is 922. The Morgan fingerprint density at radius 1 is 1.39 bits per heavy atom. The fraction of sp³-hybridized carbons (Fsp3) is 0.133. The van der Waals surface area contributed by atoms with E-state index in [1.165, 1.54) is 6.07 Å². The van der Waals surface area contributed by atoms with Gasteiger partial charge in [0.05, 0.1) is 11.1 Å². The molecule has 1 aromatic heterocycles. The summed E-state index contributed by atoms with van der Waals surface area (Å²) in [6, 6.07) is 6.91. The van der Waals surface area contributed by atoms with Crippen LogP contribution in [0.1, 0.15) is 22.4 Å². The summed E-state index contributed by atoms with van der Waals surface area (Å²) < 4.78 is 1.00.